The van der Waals surface area contributed by atoms with E-state index in [2.05, 4.69) is 11.0 Å². The number of ether oxygens (including phenoxy) is 2. The van der Waals surface area contributed by atoms with Crippen LogP contribution in [0.4, 0.5) is 0 Å². The molecule has 0 spiro atoms. The number of hydrogen-bond acceptors (Lipinski definition) is 5. The molecule has 2 aliphatic rings. The minimum Gasteiger partial charge on any atom is -0.460 e. The Kier molecular flexibility index (Phi) is 5.13. The number of cyclic esters (lactones) is 1. The summed E-state index contributed by atoms with van der Waals surface area (Å²) in [6, 6.07) is 5.96. The van der Waals surface area contributed by atoms with Crippen LogP contribution >= 0.6 is 0 Å². The standard InChI is InChI=1S/C20H27NO4/c1-20(2,3)25-18(22)15-7-10-21(11-8-15)9-6-14-4-5-17-16(12-14)13-24-19(17)23/h4-5,12,15H,6-11,13H2,1-3H3. The molecule has 3 rings (SSSR count). The number of carbonyl (C=O) groups excluding carboxylic acids is 2. The summed E-state index contributed by atoms with van der Waals surface area (Å²) in [4.78, 5) is 26.0. The third-order valence-corrected chi connectivity index (χ3v) is 4.79. The monoisotopic (exact) mass is 345 g/mol. The summed E-state index contributed by atoms with van der Waals surface area (Å²) in [7, 11) is 0. The van der Waals surface area contributed by atoms with Crippen molar-refractivity contribution in [3.63, 3.8) is 0 Å². The summed E-state index contributed by atoms with van der Waals surface area (Å²) in [5.41, 5.74) is 2.51. The summed E-state index contributed by atoms with van der Waals surface area (Å²) < 4.78 is 10.5. The van der Waals surface area contributed by atoms with Crippen LogP contribution in [0.25, 0.3) is 0 Å². The molecule has 0 radical (unpaired) electrons. The first-order valence-corrected chi connectivity index (χ1v) is 9.06. The van der Waals surface area contributed by atoms with Crippen molar-refractivity contribution in [3.8, 4) is 0 Å². The molecule has 0 saturated carbocycles. The van der Waals surface area contributed by atoms with Gasteiger partial charge in [0.1, 0.15) is 12.2 Å². The normalized spacial score (nSPS) is 18.8. The molecule has 1 aromatic rings. The van der Waals surface area contributed by atoms with Crippen molar-refractivity contribution in [2.24, 2.45) is 5.92 Å². The first-order chi connectivity index (χ1) is 11.8. The first-order valence-electron chi connectivity index (χ1n) is 9.06. The van der Waals surface area contributed by atoms with Gasteiger partial charge in [-0.05, 0) is 64.8 Å². The Labute approximate surface area is 149 Å². The fraction of sp³-hybridized carbons (Fsp3) is 0.600. The molecule has 0 atom stereocenters. The van der Waals surface area contributed by atoms with Gasteiger partial charge in [0.15, 0.2) is 0 Å². The molecule has 5 heteroatoms. The minimum absolute atomic E-state index is 0.0265. The summed E-state index contributed by atoms with van der Waals surface area (Å²) in [5.74, 6) is -0.250. The number of fused-ring (bicyclic) bond motifs is 1. The van der Waals surface area contributed by atoms with Crippen LogP contribution in [0.3, 0.4) is 0 Å². The Morgan fingerprint density at radius 2 is 2.00 bits per heavy atom. The molecular weight excluding hydrogens is 318 g/mol. The Bertz CT molecular complexity index is 654. The van der Waals surface area contributed by atoms with Gasteiger partial charge in [0.05, 0.1) is 11.5 Å². The van der Waals surface area contributed by atoms with Crippen LogP contribution in [-0.4, -0.2) is 42.1 Å². The van der Waals surface area contributed by atoms with Crippen LogP contribution in [0.2, 0.25) is 0 Å². The second-order valence-corrected chi connectivity index (χ2v) is 7.97. The van der Waals surface area contributed by atoms with Gasteiger partial charge in [0, 0.05) is 12.1 Å². The van der Waals surface area contributed by atoms with Crippen molar-refractivity contribution in [2.75, 3.05) is 19.6 Å². The molecule has 25 heavy (non-hydrogen) atoms. The number of benzene rings is 1. The molecule has 2 heterocycles. The Balaban J connectivity index is 1.45. The van der Waals surface area contributed by atoms with Gasteiger partial charge >= 0.3 is 11.9 Å². The average molecular weight is 345 g/mol. The molecule has 0 N–H and O–H groups in total. The summed E-state index contributed by atoms with van der Waals surface area (Å²) in [6.45, 7) is 8.95. The zero-order valence-corrected chi connectivity index (χ0v) is 15.3. The largest absolute Gasteiger partial charge is 0.460 e. The van der Waals surface area contributed by atoms with Crippen molar-refractivity contribution in [1.29, 1.82) is 0 Å². The van der Waals surface area contributed by atoms with E-state index in [4.69, 9.17) is 9.47 Å². The van der Waals surface area contributed by atoms with Crippen LogP contribution in [0.1, 0.15) is 55.1 Å². The van der Waals surface area contributed by atoms with Gasteiger partial charge in [-0.15, -0.1) is 0 Å². The van der Waals surface area contributed by atoms with Gasteiger partial charge in [-0.3, -0.25) is 4.79 Å². The average Bonchev–Trinajstić information content (AvgIpc) is 2.92. The predicted octanol–water partition coefficient (Wildman–Crippen LogP) is 2.95. The lowest BCUT2D eigenvalue weighted by atomic mass is 9.96. The van der Waals surface area contributed by atoms with Crippen LogP contribution in [-0.2, 0) is 27.3 Å². The topological polar surface area (TPSA) is 55.8 Å². The maximum Gasteiger partial charge on any atom is 0.338 e. The molecule has 1 fully saturated rings. The molecule has 0 amide bonds. The van der Waals surface area contributed by atoms with E-state index < -0.39 is 5.60 Å². The van der Waals surface area contributed by atoms with E-state index in [9.17, 15) is 9.59 Å². The van der Waals surface area contributed by atoms with Crippen molar-refractivity contribution in [2.45, 2.75) is 52.2 Å². The molecule has 136 valence electrons. The third kappa shape index (κ3) is 4.60. The van der Waals surface area contributed by atoms with Gasteiger partial charge in [-0.1, -0.05) is 12.1 Å². The Hall–Kier alpha value is -1.88. The molecule has 0 bridgehead atoms. The van der Waals surface area contributed by atoms with Crippen LogP contribution in [0, 0.1) is 5.92 Å². The highest BCUT2D eigenvalue weighted by atomic mass is 16.6. The predicted molar refractivity (Wildman–Crippen MR) is 94.3 cm³/mol. The molecule has 5 nitrogen and oxygen atoms in total. The number of piperidine rings is 1. The number of likely N-dealkylation sites (tertiary alicyclic amines) is 1. The van der Waals surface area contributed by atoms with Gasteiger partial charge in [-0.25, -0.2) is 4.79 Å². The van der Waals surface area contributed by atoms with E-state index in [1.54, 1.807) is 0 Å². The SMILES string of the molecule is CC(C)(C)OC(=O)C1CCN(CCc2ccc3c(c2)COC3=O)CC1. The van der Waals surface area contributed by atoms with Crippen LogP contribution in [0.5, 0.6) is 0 Å². The van der Waals surface area contributed by atoms with Crippen molar-refractivity contribution in [1.82, 2.24) is 4.90 Å². The summed E-state index contributed by atoms with van der Waals surface area (Å²) >= 11 is 0. The highest BCUT2D eigenvalue weighted by Crippen LogP contribution is 2.23. The zero-order valence-electron chi connectivity index (χ0n) is 15.3. The molecule has 0 aromatic heterocycles. The number of esters is 2. The van der Waals surface area contributed by atoms with E-state index in [1.165, 1.54) is 5.56 Å². The molecular formula is C20H27NO4. The minimum atomic E-state index is -0.410. The quantitative estimate of drug-likeness (QED) is 0.785. The van der Waals surface area contributed by atoms with E-state index in [-0.39, 0.29) is 17.9 Å². The number of nitrogens with zero attached hydrogens (tertiary/aromatic N) is 1. The van der Waals surface area contributed by atoms with E-state index in [0.29, 0.717) is 12.2 Å². The molecule has 0 unspecified atom stereocenters. The van der Waals surface area contributed by atoms with E-state index in [0.717, 1.165) is 44.5 Å². The Morgan fingerprint density at radius 1 is 1.28 bits per heavy atom. The van der Waals surface area contributed by atoms with Gasteiger partial charge < -0.3 is 14.4 Å². The van der Waals surface area contributed by atoms with Crippen molar-refractivity contribution < 1.29 is 19.1 Å². The first kappa shape index (κ1) is 17.9. The van der Waals surface area contributed by atoms with Gasteiger partial charge in [0.25, 0.3) is 0 Å². The van der Waals surface area contributed by atoms with Gasteiger partial charge in [-0.2, -0.15) is 0 Å². The van der Waals surface area contributed by atoms with Crippen LogP contribution in [0.15, 0.2) is 18.2 Å². The second-order valence-electron chi connectivity index (χ2n) is 7.97. The highest BCUT2D eigenvalue weighted by molar-refractivity contribution is 5.93. The van der Waals surface area contributed by atoms with Gasteiger partial charge in [0.2, 0.25) is 0 Å². The maximum atomic E-state index is 12.2. The highest BCUT2D eigenvalue weighted by Gasteiger charge is 2.29. The molecule has 1 aromatic carbocycles. The number of hydrogen-bond donors (Lipinski definition) is 0. The number of carbonyl (C=O) groups is 2. The molecule has 2 aliphatic heterocycles. The van der Waals surface area contributed by atoms with E-state index in [1.807, 2.05) is 32.9 Å². The number of rotatable bonds is 4. The molecule has 1 saturated heterocycles. The third-order valence-electron chi connectivity index (χ3n) is 4.79. The summed E-state index contributed by atoms with van der Waals surface area (Å²) in [6.07, 6.45) is 2.67. The fourth-order valence-electron chi connectivity index (χ4n) is 3.41. The summed E-state index contributed by atoms with van der Waals surface area (Å²) in [5, 5.41) is 0. The molecule has 0 aliphatic carbocycles. The Morgan fingerprint density at radius 3 is 2.68 bits per heavy atom. The second kappa shape index (κ2) is 7.16. The lowest BCUT2D eigenvalue weighted by Crippen LogP contribution is -2.39. The lowest BCUT2D eigenvalue weighted by Gasteiger charge is -2.32. The smallest absolute Gasteiger partial charge is 0.338 e. The maximum absolute atomic E-state index is 12.2. The van der Waals surface area contributed by atoms with Crippen LogP contribution < -0.4 is 0 Å². The van der Waals surface area contributed by atoms with E-state index >= 15 is 0 Å². The fourth-order valence-corrected chi connectivity index (χ4v) is 3.41. The van der Waals surface area contributed by atoms with Crippen molar-refractivity contribution in [3.05, 3.63) is 34.9 Å². The lowest BCUT2D eigenvalue weighted by molar-refractivity contribution is -0.161. The zero-order chi connectivity index (χ0) is 18.0. The van der Waals surface area contributed by atoms with Crippen molar-refractivity contribution >= 4 is 11.9 Å².